The molecule has 0 unspecified atom stereocenters. The molecule has 12 nitrogen and oxygen atoms in total. The molecule has 0 radical (unpaired) electrons. The number of fused-ring (bicyclic) bond motifs is 1. The first-order valence-corrected chi connectivity index (χ1v) is 14.1. The van der Waals surface area contributed by atoms with Gasteiger partial charge in [-0.15, -0.1) is 0 Å². The van der Waals surface area contributed by atoms with E-state index in [2.05, 4.69) is 10.00 Å². The van der Waals surface area contributed by atoms with Crippen molar-refractivity contribution in [1.29, 1.82) is 0 Å². The number of methoxy groups -OCH3 is 2. The summed E-state index contributed by atoms with van der Waals surface area (Å²) in [5.41, 5.74) is 2.68. The third kappa shape index (κ3) is 6.28. The zero-order valence-electron chi connectivity index (χ0n) is 24.8. The second-order valence-corrected chi connectivity index (χ2v) is 11.5. The largest absolute Gasteiger partial charge is 0.497 e. The summed E-state index contributed by atoms with van der Waals surface area (Å²) in [7, 11) is 3.11. The van der Waals surface area contributed by atoms with Gasteiger partial charge in [0.25, 0.3) is 0 Å². The van der Waals surface area contributed by atoms with Crippen LogP contribution in [0.3, 0.4) is 0 Å². The van der Waals surface area contributed by atoms with Crippen molar-refractivity contribution >= 4 is 29.2 Å². The summed E-state index contributed by atoms with van der Waals surface area (Å²) in [6.45, 7) is 9.31. The zero-order valence-corrected chi connectivity index (χ0v) is 24.8. The number of benzene rings is 1. The first-order chi connectivity index (χ1) is 20.1. The van der Waals surface area contributed by atoms with Crippen molar-refractivity contribution in [3.63, 3.8) is 0 Å². The van der Waals surface area contributed by atoms with Crippen LogP contribution in [0.1, 0.15) is 38.3 Å². The Morgan fingerprint density at radius 2 is 1.71 bits per heavy atom. The van der Waals surface area contributed by atoms with E-state index in [0.717, 1.165) is 24.2 Å². The maximum atomic E-state index is 13.7. The van der Waals surface area contributed by atoms with Gasteiger partial charge in [0, 0.05) is 63.5 Å². The molecule has 0 bridgehead atoms. The Kier molecular flexibility index (Phi) is 8.26. The van der Waals surface area contributed by atoms with Crippen molar-refractivity contribution in [1.82, 2.24) is 24.3 Å². The van der Waals surface area contributed by atoms with Gasteiger partial charge in [0.15, 0.2) is 0 Å². The van der Waals surface area contributed by atoms with Gasteiger partial charge in [0.1, 0.15) is 17.1 Å². The summed E-state index contributed by atoms with van der Waals surface area (Å²) >= 11 is 0. The van der Waals surface area contributed by atoms with E-state index in [-0.39, 0.29) is 31.5 Å². The SMILES string of the molecule is COc1ccc(CN2C(=O)CCN(c3cnn4ccc(CN5CCN(C(=O)OC(C)(C)C)CC5)cc34)C2=O)c(OC)c1. The number of nitrogens with zero attached hydrogens (tertiary/aromatic N) is 6. The summed E-state index contributed by atoms with van der Waals surface area (Å²) in [4.78, 5) is 45.9. The molecule has 4 heterocycles. The number of aromatic nitrogens is 2. The van der Waals surface area contributed by atoms with Crippen LogP contribution in [0.5, 0.6) is 11.5 Å². The molecule has 2 fully saturated rings. The van der Waals surface area contributed by atoms with Crippen molar-refractivity contribution in [2.45, 2.75) is 45.9 Å². The zero-order chi connectivity index (χ0) is 30.0. The highest BCUT2D eigenvalue weighted by molar-refractivity contribution is 6.07. The molecule has 0 saturated carbocycles. The number of urea groups is 1. The molecule has 3 aromatic rings. The maximum Gasteiger partial charge on any atom is 0.410 e. The van der Waals surface area contributed by atoms with E-state index in [1.54, 1.807) is 52.9 Å². The number of piperazine rings is 1. The Labute approximate surface area is 245 Å². The Morgan fingerprint density at radius 1 is 0.952 bits per heavy atom. The van der Waals surface area contributed by atoms with Gasteiger partial charge in [-0.25, -0.2) is 14.1 Å². The number of carbonyl (C=O) groups excluding carboxylic acids is 3. The molecule has 2 aliphatic rings. The van der Waals surface area contributed by atoms with E-state index in [1.807, 2.05) is 39.1 Å². The fourth-order valence-electron chi connectivity index (χ4n) is 5.21. The quantitative estimate of drug-likeness (QED) is 0.417. The predicted octanol–water partition coefficient (Wildman–Crippen LogP) is 3.76. The van der Waals surface area contributed by atoms with Crippen LogP contribution in [0.25, 0.3) is 5.52 Å². The summed E-state index contributed by atoms with van der Waals surface area (Å²) in [6.07, 6.45) is 3.46. The molecule has 12 heteroatoms. The highest BCUT2D eigenvalue weighted by atomic mass is 16.6. The Morgan fingerprint density at radius 3 is 2.40 bits per heavy atom. The Hall–Kier alpha value is -4.32. The number of hydrogen-bond donors (Lipinski definition) is 0. The molecule has 0 spiro atoms. The lowest BCUT2D eigenvalue weighted by Crippen LogP contribution is -2.52. The van der Waals surface area contributed by atoms with Gasteiger partial charge in [-0.3, -0.25) is 19.5 Å². The molecule has 2 saturated heterocycles. The van der Waals surface area contributed by atoms with Crippen molar-refractivity contribution in [3.8, 4) is 11.5 Å². The molecule has 0 atom stereocenters. The van der Waals surface area contributed by atoms with Gasteiger partial charge in [-0.1, -0.05) is 0 Å². The van der Waals surface area contributed by atoms with Crippen LogP contribution in [0.4, 0.5) is 15.3 Å². The van der Waals surface area contributed by atoms with Crippen LogP contribution in [0.2, 0.25) is 0 Å². The summed E-state index contributed by atoms with van der Waals surface area (Å²) in [6, 6.07) is 8.94. The average molecular weight is 579 g/mol. The van der Waals surface area contributed by atoms with Crippen molar-refractivity contribution in [3.05, 3.63) is 53.9 Å². The Balaban J connectivity index is 1.29. The molecule has 2 aromatic heterocycles. The second kappa shape index (κ2) is 11.9. The normalized spacial score (nSPS) is 16.7. The number of imide groups is 1. The van der Waals surface area contributed by atoms with Gasteiger partial charge in [-0.05, 0) is 50.6 Å². The highest BCUT2D eigenvalue weighted by Crippen LogP contribution is 2.30. The molecule has 2 aliphatic heterocycles. The first kappa shape index (κ1) is 29.2. The van der Waals surface area contributed by atoms with Crippen LogP contribution in [0, 0.1) is 0 Å². The lowest BCUT2D eigenvalue weighted by atomic mass is 10.1. The molecular weight excluding hydrogens is 540 g/mol. The topological polar surface area (TPSA) is 109 Å². The monoisotopic (exact) mass is 578 g/mol. The fraction of sp³-hybridized carbons (Fsp3) is 0.467. The fourth-order valence-corrected chi connectivity index (χ4v) is 5.21. The van der Waals surface area contributed by atoms with E-state index in [0.29, 0.717) is 42.4 Å². The third-order valence-electron chi connectivity index (χ3n) is 7.42. The number of anilines is 1. The maximum absolute atomic E-state index is 13.7. The smallest absolute Gasteiger partial charge is 0.410 e. The van der Waals surface area contributed by atoms with E-state index >= 15 is 0 Å². The number of hydrogen-bond acceptors (Lipinski definition) is 8. The van der Waals surface area contributed by atoms with E-state index in [4.69, 9.17) is 14.2 Å². The lowest BCUT2D eigenvalue weighted by Gasteiger charge is -2.35. The number of carbonyl (C=O) groups is 3. The summed E-state index contributed by atoms with van der Waals surface area (Å²) in [5.74, 6) is 0.928. The number of rotatable bonds is 7. The van der Waals surface area contributed by atoms with Crippen molar-refractivity contribution in [2.24, 2.45) is 0 Å². The standard InChI is InChI=1S/C30H38N6O6/c1-30(2,3)42-29(39)33-14-12-32(13-15-33)19-21-8-11-36-24(16-21)25(18-31-36)34-10-9-27(37)35(28(34)38)20-22-6-7-23(40-4)17-26(22)41-5/h6-8,11,16-18H,9-10,12-15,19-20H2,1-5H3. The first-order valence-electron chi connectivity index (χ1n) is 14.1. The number of amides is 4. The van der Waals surface area contributed by atoms with E-state index < -0.39 is 11.6 Å². The van der Waals surface area contributed by atoms with Gasteiger partial charge < -0.3 is 19.1 Å². The molecule has 224 valence electrons. The minimum Gasteiger partial charge on any atom is -0.497 e. The minimum atomic E-state index is -0.519. The number of ether oxygens (including phenoxy) is 3. The van der Waals surface area contributed by atoms with Crippen LogP contribution >= 0.6 is 0 Å². The van der Waals surface area contributed by atoms with E-state index in [1.165, 1.54) is 4.90 Å². The second-order valence-electron chi connectivity index (χ2n) is 11.5. The average Bonchev–Trinajstić information content (AvgIpc) is 3.37. The van der Waals surface area contributed by atoms with Crippen molar-refractivity contribution < 1.29 is 28.6 Å². The molecule has 5 rings (SSSR count). The third-order valence-corrected chi connectivity index (χ3v) is 7.42. The van der Waals surface area contributed by atoms with Gasteiger partial charge in [0.05, 0.1) is 38.2 Å². The van der Waals surface area contributed by atoms with Crippen LogP contribution in [-0.2, 0) is 22.6 Å². The van der Waals surface area contributed by atoms with E-state index in [9.17, 15) is 14.4 Å². The molecule has 0 N–H and O–H groups in total. The molecule has 0 aliphatic carbocycles. The van der Waals surface area contributed by atoms with Crippen LogP contribution < -0.4 is 14.4 Å². The predicted molar refractivity (Wildman–Crippen MR) is 156 cm³/mol. The van der Waals surface area contributed by atoms with Crippen molar-refractivity contribution in [2.75, 3.05) is 51.8 Å². The highest BCUT2D eigenvalue weighted by Gasteiger charge is 2.35. The molecule has 1 aromatic carbocycles. The lowest BCUT2D eigenvalue weighted by molar-refractivity contribution is -0.129. The Bertz CT molecular complexity index is 1470. The van der Waals surface area contributed by atoms with Crippen LogP contribution in [-0.4, -0.2) is 94.9 Å². The molecule has 42 heavy (non-hydrogen) atoms. The summed E-state index contributed by atoms with van der Waals surface area (Å²) < 4.78 is 18.0. The van der Waals surface area contributed by atoms with Gasteiger partial charge >= 0.3 is 12.1 Å². The minimum absolute atomic E-state index is 0.0844. The number of pyridine rings is 1. The van der Waals surface area contributed by atoms with Crippen LogP contribution in [0.15, 0.2) is 42.7 Å². The molecule has 4 amide bonds. The molecular formula is C30H38N6O6. The van der Waals surface area contributed by atoms with Gasteiger partial charge in [0.2, 0.25) is 5.91 Å². The van der Waals surface area contributed by atoms with Gasteiger partial charge in [-0.2, -0.15) is 5.10 Å². The summed E-state index contributed by atoms with van der Waals surface area (Å²) in [5, 5.41) is 4.46.